The molecular formula is C32H61NO4Si2. The Bertz CT molecular complexity index is 804. The zero-order valence-corrected chi connectivity index (χ0v) is 29.2. The Morgan fingerprint density at radius 2 is 1.64 bits per heavy atom. The SMILES string of the molecule is CCCCC[C@H](O)/C=C/[C@@H]1O[C@H]([C@@H](C/C=C\CCCC#N)O[Si](C)(C)C(C)(C)C)C[C@@H]1O[Si](C)(C)C(C)(C)C. The number of rotatable bonds is 16. The molecule has 0 aromatic rings. The summed E-state index contributed by atoms with van der Waals surface area (Å²) in [6.45, 7) is 25.0. The summed E-state index contributed by atoms with van der Waals surface area (Å²) in [4.78, 5) is 0. The van der Waals surface area contributed by atoms with Crippen molar-refractivity contribution < 1.29 is 18.7 Å². The van der Waals surface area contributed by atoms with Gasteiger partial charge in [0.15, 0.2) is 16.6 Å². The fourth-order valence-corrected chi connectivity index (χ4v) is 6.90. The van der Waals surface area contributed by atoms with E-state index in [9.17, 15) is 5.11 Å². The van der Waals surface area contributed by atoms with Crippen LogP contribution in [-0.4, -0.2) is 52.3 Å². The highest BCUT2D eigenvalue weighted by Crippen LogP contribution is 2.42. The lowest BCUT2D eigenvalue weighted by atomic mass is 10.0. The molecule has 1 rings (SSSR count). The molecule has 0 aromatic carbocycles. The quantitative estimate of drug-likeness (QED) is 0.112. The van der Waals surface area contributed by atoms with Gasteiger partial charge in [0.05, 0.1) is 30.5 Å². The Balaban J connectivity index is 3.20. The second-order valence-electron chi connectivity index (χ2n) is 14.4. The first kappa shape index (κ1) is 36.3. The summed E-state index contributed by atoms with van der Waals surface area (Å²) >= 11 is 0. The van der Waals surface area contributed by atoms with Gasteiger partial charge in [0, 0.05) is 12.8 Å². The third-order valence-electron chi connectivity index (χ3n) is 8.90. The first-order valence-corrected chi connectivity index (χ1v) is 21.2. The number of aliphatic hydroxyl groups excluding tert-OH is 1. The molecule has 0 aromatic heterocycles. The van der Waals surface area contributed by atoms with E-state index in [0.29, 0.717) is 6.42 Å². The number of hydrogen-bond acceptors (Lipinski definition) is 5. The van der Waals surface area contributed by atoms with E-state index < -0.39 is 22.7 Å². The molecule has 1 aliphatic heterocycles. The van der Waals surface area contributed by atoms with Crippen molar-refractivity contribution in [2.75, 3.05) is 0 Å². The van der Waals surface area contributed by atoms with Gasteiger partial charge in [-0.15, -0.1) is 0 Å². The molecule has 5 nitrogen and oxygen atoms in total. The number of nitrogens with zero attached hydrogens (tertiary/aromatic N) is 1. The largest absolute Gasteiger partial charge is 0.411 e. The van der Waals surface area contributed by atoms with Gasteiger partial charge in [0.25, 0.3) is 0 Å². The number of allylic oxidation sites excluding steroid dienone is 1. The van der Waals surface area contributed by atoms with Crippen LogP contribution in [0.15, 0.2) is 24.3 Å². The number of unbranched alkanes of at least 4 members (excludes halogenated alkanes) is 4. The van der Waals surface area contributed by atoms with Crippen LogP contribution in [0.25, 0.3) is 0 Å². The van der Waals surface area contributed by atoms with Gasteiger partial charge < -0.3 is 18.7 Å². The molecular weight excluding hydrogens is 519 g/mol. The second-order valence-corrected chi connectivity index (χ2v) is 23.9. The first-order chi connectivity index (χ1) is 17.9. The van der Waals surface area contributed by atoms with Crippen LogP contribution >= 0.6 is 0 Å². The van der Waals surface area contributed by atoms with Gasteiger partial charge in [-0.3, -0.25) is 0 Å². The smallest absolute Gasteiger partial charge is 0.192 e. The average molecular weight is 580 g/mol. The van der Waals surface area contributed by atoms with Crippen LogP contribution in [-0.2, 0) is 13.6 Å². The number of nitriles is 1. The van der Waals surface area contributed by atoms with Crippen LogP contribution < -0.4 is 0 Å². The zero-order chi connectivity index (χ0) is 29.9. The van der Waals surface area contributed by atoms with Crippen LogP contribution in [0.1, 0.15) is 106 Å². The van der Waals surface area contributed by atoms with Crippen LogP contribution in [0.3, 0.4) is 0 Å². The van der Waals surface area contributed by atoms with E-state index in [0.717, 1.165) is 51.4 Å². The fourth-order valence-electron chi connectivity index (χ4n) is 4.20. The van der Waals surface area contributed by atoms with E-state index in [-0.39, 0.29) is 34.5 Å². The Hall–Kier alpha value is -0.756. The topological polar surface area (TPSA) is 71.7 Å². The van der Waals surface area contributed by atoms with Crippen LogP contribution in [0.5, 0.6) is 0 Å². The lowest BCUT2D eigenvalue weighted by Crippen LogP contribution is -2.47. The molecule has 226 valence electrons. The Morgan fingerprint density at radius 1 is 1.00 bits per heavy atom. The van der Waals surface area contributed by atoms with Gasteiger partial charge in [0.1, 0.15) is 6.10 Å². The lowest BCUT2D eigenvalue weighted by Gasteiger charge is -2.40. The molecule has 0 aliphatic carbocycles. The molecule has 0 radical (unpaired) electrons. The van der Waals surface area contributed by atoms with E-state index in [1.165, 1.54) is 0 Å². The van der Waals surface area contributed by atoms with Crippen LogP contribution in [0.2, 0.25) is 36.3 Å². The second kappa shape index (κ2) is 16.0. The van der Waals surface area contributed by atoms with Gasteiger partial charge in [-0.25, -0.2) is 0 Å². The maximum atomic E-state index is 10.6. The summed E-state index contributed by atoms with van der Waals surface area (Å²) in [6, 6.07) is 2.22. The van der Waals surface area contributed by atoms with Gasteiger partial charge in [-0.05, 0) is 61.9 Å². The van der Waals surface area contributed by atoms with Crippen molar-refractivity contribution in [2.24, 2.45) is 0 Å². The van der Waals surface area contributed by atoms with Gasteiger partial charge in [-0.1, -0.05) is 92.0 Å². The normalized spacial score (nSPS) is 23.0. The van der Waals surface area contributed by atoms with Crippen molar-refractivity contribution >= 4 is 16.6 Å². The Morgan fingerprint density at radius 3 is 2.21 bits per heavy atom. The van der Waals surface area contributed by atoms with E-state index in [4.69, 9.17) is 18.9 Å². The molecule has 5 atom stereocenters. The minimum atomic E-state index is -2.04. The molecule has 0 unspecified atom stereocenters. The highest BCUT2D eigenvalue weighted by molar-refractivity contribution is 6.74. The summed E-state index contributed by atoms with van der Waals surface area (Å²) in [5, 5.41) is 19.6. The molecule has 1 N–H and O–H groups in total. The molecule has 0 bridgehead atoms. The van der Waals surface area contributed by atoms with E-state index in [2.05, 4.69) is 99.0 Å². The van der Waals surface area contributed by atoms with E-state index in [1.54, 1.807) is 0 Å². The molecule has 0 spiro atoms. The highest BCUT2D eigenvalue weighted by Gasteiger charge is 2.47. The minimum absolute atomic E-state index is 0.0555. The molecule has 0 saturated carbocycles. The molecule has 0 amide bonds. The molecule has 1 aliphatic rings. The van der Waals surface area contributed by atoms with Crippen molar-refractivity contribution in [3.63, 3.8) is 0 Å². The molecule has 1 heterocycles. The summed E-state index contributed by atoms with van der Waals surface area (Å²) < 4.78 is 20.7. The van der Waals surface area contributed by atoms with Crippen molar-refractivity contribution in [2.45, 2.75) is 173 Å². The van der Waals surface area contributed by atoms with Gasteiger partial charge in [0.2, 0.25) is 0 Å². The van der Waals surface area contributed by atoms with Crippen molar-refractivity contribution in [1.82, 2.24) is 0 Å². The molecule has 7 heteroatoms. The lowest BCUT2D eigenvalue weighted by molar-refractivity contribution is -0.0197. The summed E-state index contributed by atoms with van der Waals surface area (Å²) in [5.74, 6) is 0. The predicted molar refractivity (Wildman–Crippen MR) is 170 cm³/mol. The Kier molecular flexibility index (Phi) is 14.9. The maximum Gasteiger partial charge on any atom is 0.192 e. The molecule has 1 saturated heterocycles. The number of ether oxygens (including phenoxy) is 1. The predicted octanol–water partition coefficient (Wildman–Crippen LogP) is 9.06. The third-order valence-corrected chi connectivity index (χ3v) is 17.9. The third kappa shape index (κ3) is 12.3. The monoisotopic (exact) mass is 579 g/mol. The highest BCUT2D eigenvalue weighted by atomic mass is 28.4. The minimum Gasteiger partial charge on any atom is -0.411 e. The molecule has 1 fully saturated rings. The van der Waals surface area contributed by atoms with Crippen molar-refractivity contribution in [3.05, 3.63) is 24.3 Å². The molecule has 39 heavy (non-hydrogen) atoms. The fraction of sp³-hybridized carbons (Fsp3) is 0.844. The Labute approximate surface area is 243 Å². The number of aliphatic hydroxyl groups is 1. The number of hydrogen-bond donors (Lipinski definition) is 1. The van der Waals surface area contributed by atoms with Gasteiger partial charge in [-0.2, -0.15) is 5.26 Å². The van der Waals surface area contributed by atoms with E-state index in [1.807, 2.05) is 6.08 Å². The van der Waals surface area contributed by atoms with Crippen molar-refractivity contribution in [1.29, 1.82) is 5.26 Å². The average Bonchev–Trinajstić information content (AvgIpc) is 3.19. The zero-order valence-electron chi connectivity index (χ0n) is 27.2. The van der Waals surface area contributed by atoms with E-state index >= 15 is 0 Å². The first-order valence-electron chi connectivity index (χ1n) is 15.3. The van der Waals surface area contributed by atoms with Gasteiger partial charge >= 0.3 is 0 Å². The summed E-state index contributed by atoms with van der Waals surface area (Å²) in [7, 11) is -4.07. The van der Waals surface area contributed by atoms with Crippen molar-refractivity contribution in [3.8, 4) is 6.07 Å². The maximum absolute atomic E-state index is 10.6. The van der Waals surface area contributed by atoms with Crippen LogP contribution in [0, 0.1) is 11.3 Å². The summed E-state index contributed by atoms with van der Waals surface area (Å²) in [6.07, 6.45) is 15.6. The summed E-state index contributed by atoms with van der Waals surface area (Å²) in [5.41, 5.74) is 0. The standard InChI is InChI=1S/C32H61NO4Si2/c1-12-13-17-20-26(34)22-23-27-30(37-39(10,11)32(5,6)7)25-29(35-27)28(21-18-15-14-16-19-24-33)36-38(8,9)31(2,3)4/h15,18,22-23,26-30,34H,12-14,16-17,19-21,25H2,1-11H3/b18-15-,23-22+/t26-,27-,28+,29-,30-/m0/s1. The van der Waals surface area contributed by atoms with Crippen LogP contribution in [0.4, 0.5) is 0 Å².